The number of nitrogens with zero attached hydrogens (tertiary/aromatic N) is 1. The standard InChI is InChI=1S/C25H28N2O3/c1-15(2)26-25(29)21-7-5-9-22-20(21)8-6-12-27(22)14-18-13-23(28)30-24-17(4)16(3)10-11-19(18)24/h5,7,9-11,13,15H,6,8,12,14H2,1-4H3,(H,26,29). The number of rotatable bonds is 4. The van der Waals surface area contributed by atoms with Crippen molar-refractivity contribution in [2.24, 2.45) is 0 Å². The number of carbonyl (C=O) groups excluding carboxylic acids is 1. The van der Waals surface area contributed by atoms with Crippen LogP contribution in [0.25, 0.3) is 11.0 Å². The number of hydrogen-bond acceptors (Lipinski definition) is 4. The van der Waals surface area contributed by atoms with Crippen molar-refractivity contribution in [2.45, 2.75) is 53.1 Å². The predicted molar refractivity (Wildman–Crippen MR) is 120 cm³/mol. The summed E-state index contributed by atoms with van der Waals surface area (Å²) in [6.45, 7) is 9.43. The third kappa shape index (κ3) is 3.72. The van der Waals surface area contributed by atoms with Crippen LogP contribution in [0.4, 0.5) is 5.69 Å². The van der Waals surface area contributed by atoms with Gasteiger partial charge in [0.1, 0.15) is 5.58 Å². The van der Waals surface area contributed by atoms with E-state index in [1.54, 1.807) is 6.07 Å². The molecule has 5 heteroatoms. The number of nitrogens with one attached hydrogen (secondary N) is 1. The van der Waals surface area contributed by atoms with Gasteiger partial charge in [-0.3, -0.25) is 4.79 Å². The van der Waals surface area contributed by atoms with Gasteiger partial charge in [0.15, 0.2) is 0 Å². The lowest BCUT2D eigenvalue weighted by Crippen LogP contribution is -2.34. The number of carbonyl (C=O) groups is 1. The molecule has 0 unspecified atom stereocenters. The molecule has 156 valence electrons. The number of aryl methyl sites for hydroxylation is 2. The average Bonchev–Trinajstić information content (AvgIpc) is 2.70. The van der Waals surface area contributed by atoms with E-state index in [0.29, 0.717) is 12.1 Å². The van der Waals surface area contributed by atoms with E-state index in [0.717, 1.165) is 58.3 Å². The summed E-state index contributed by atoms with van der Waals surface area (Å²) in [4.78, 5) is 27.2. The van der Waals surface area contributed by atoms with E-state index in [9.17, 15) is 9.59 Å². The van der Waals surface area contributed by atoms with Crippen LogP contribution in [0, 0.1) is 13.8 Å². The largest absolute Gasteiger partial charge is 0.422 e. The fourth-order valence-corrected chi connectivity index (χ4v) is 4.28. The highest BCUT2D eigenvalue weighted by Crippen LogP contribution is 2.32. The molecule has 5 nitrogen and oxygen atoms in total. The summed E-state index contributed by atoms with van der Waals surface area (Å²) in [6, 6.07) is 11.7. The van der Waals surface area contributed by atoms with Crippen LogP contribution in [0.15, 0.2) is 45.6 Å². The van der Waals surface area contributed by atoms with Gasteiger partial charge in [-0.05, 0) is 74.9 Å². The fourth-order valence-electron chi connectivity index (χ4n) is 4.28. The van der Waals surface area contributed by atoms with Crippen LogP contribution >= 0.6 is 0 Å². The Hall–Kier alpha value is -3.08. The molecule has 1 amide bonds. The molecule has 4 rings (SSSR count). The highest BCUT2D eigenvalue weighted by atomic mass is 16.4. The smallest absolute Gasteiger partial charge is 0.336 e. The summed E-state index contributed by atoms with van der Waals surface area (Å²) in [5, 5.41) is 3.98. The van der Waals surface area contributed by atoms with Crippen molar-refractivity contribution in [2.75, 3.05) is 11.4 Å². The molecule has 1 aliphatic heterocycles. The first-order chi connectivity index (χ1) is 14.3. The van der Waals surface area contributed by atoms with Gasteiger partial charge in [0.05, 0.1) is 0 Å². The molecule has 1 aromatic heterocycles. The summed E-state index contributed by atoms with van der Waals surface area (Å²) in [7, 11) is 0. The van der Waals surface area contributed by atoms with E-state index in [2.05, 4.69) is 22.3 Å². The first kappa shape index (κ1) is 20.2. The van der Waals surface area contributed by atoms with Gasteiger partial charge in [-0.15, -0.1) is 0 Å². The molecule has 0 bridgehead atoms. The second-order valence-electron chi connectivity index (χ2n) is 8.43. The maximum Gasteiger partial charge on any atom is 0.336 e. The molecule has 30 heavy (non-hydrogen) atoms. The normalized spacial score (nSPS) is 13.6. The number of fused-ring (bicyclic) bond motifs is 2. The maximum absolute atomic E-state index is 12.7. The molecular weight excluding hydrogens is 376 g/mol. The van der Waals surface area contributed by atoms with Crippen LogP contribution in [0.1, 0.15) is 52.9 Å². The summed E-state index contributed by atoms with van der Waals surface area (Å²) >= 11 is 0. The van der Waals surface area contributed by atoms with E-state index in [-0.39, 0.29) is 17.6 Å². The number of amides is 1. The molecule has 1 N–H and O–H groups in total. The van der Waals surface area contributed by atoms with Gasteiger partial charge in [-0.1, -0.05) is 18.2 Å². The SMILES string of the molecule is Cc1ccc2c(CN3CCCc4c(C(=O)NC(C)C)cccc43)cc(=O)oc2c1C. The molecule has 2 heterocycles. The van der Waals surface area contributed by atoms with Gasteiger partial charge in [-0.2, -0.15) is 0 Å². The summed E-state index contributed by atoms with van der Waals surface area (Å²) in [5.74, 6) is -0.0272. The molecule has 1 aliphatic rings. The van der Waals surface area contributed by atoms with Crippen LogP contribution in [-0.2, 0) is 13.0 Å². The van der Waals surface area contributed by atoms with E-state index >= 15 is 0 Å². The van der Waals surface area contributed by atoms with Gasteiger partial charge in [0.2, 0.25) is 0 Å². The molecule has 0 saturated carbocycles. The lowest BCUT2D eigenvalue weighted by atomic mass is 9.94. The molecule has 0 fully saturated rings. The van der Waals surface area contributed by atoms with Crippen LogP contribution in [-0.4, -0.2) is 18.5 Å². The van der Waals surface area contributed by atoms with Crippen LogP contribution in [0.3, 0.4) is 0 Å². The zero-order valence-corrected chi connectivity index (χ0v) is 18.0. The van der Waals surface area contributed by atoms with Crippen molar-refractivity contribution in [3.05, 3.63) is 74.6 Å². The van der Waals surface area contributed by atoms with Gasteiger partial charge in [0.25, 0.3) is 5.91 Å². The van der Waals surface area contributed by atoms with E-state index < -0.39 is 0 Å². The number of hydrogen-bond donors (Lipinski definition) is 1. The lowest BCUT2D eigenvalue weighted by Gasteiger charge is -2.32. The van der Waals surface area contributed by atoms with Gasteiger partial charge in [0, 0.05) is 41.8 Å². The minimum Gasteiger partial charge on any atom is -0.422 e. The highest BCUT2D eigenvalue weighted by Gasteiger charge is 2.23. The van der Waals surface area contributed by atoms with Gasteiger partial charge >= 0.3 is 5.63 Å². The van der Waals surface area contributed by atoms with E-state index in [1.165, 1.54) is 0 Å². The van der Waals surface area contributed by atoms with Crippen molar-refractivity contribution in [3.8, 4) is 0 Å². The third-order valence-corrected chi connectivity index (χ3v) is 5.89. The highest BCUT2D eigenvalue weighted by molar-refractivity contribution is 5.97. The van der Waals surface area contributed by atoms with E-state index in [1.807, 2.05) is 45.9 Å². The van der Waals surface area contributed by atoms with E-state index in [4.69, 9.17) is 4.42 Å². The summed E-state index contributed by atoms with van der Waals surface area (Å²) < 4.78 is 5.53. The minimum atomic E-state index is -0.325. The molecule has 0 atom stereocenters. The summed E-state index contributed by atoms with van der Waals surface area (Å²) in [6.07, 6.45) is 1.85. The Morgan fingerprint density at radius 2 is 2.00 bits per heavy atom. The average molecular weight is 405 g/mol. The Morgan fingerprint density at radius 3 is 2.77 bits per heavy atom. The van der Waals surface area contributed by atoms with Crippen LogP contribution in [0.5, 0.6) is 0 Å². The van der Waals surface area contributed by atoms with Gasteiger partial charge < -0.3 is 14.6 Å². The Kier molecular flexibility index (Phi) is 5.37. The number of anilines is 1. The number of benzene rings is 2. The quantitative estimate of drug-likeness (QED) is 0.651. The minimum absolute atomic E-state index is 0.0272. The monoisotopic (exact) mass is 404 g/mol. The second-order valence-corrected chi connectivity index (χ2v) is 8.43. The van der Waals surface area contributed by atoms with Crippen molar-refractivity contribution in [3.63, 3.8) is 0 Å². The van der Waals surface area contributed by atoms with Crippen molar-refractivity contribution in [1.29, 1.82) is 0 Å². The Labute approximate surface area is 176 Å². The van der Waals surface area contributed by atoms with Crippen molar-refractivity contribution < 1.29 is 9.21 Å². The van der Waals surface area contributed by atoms with Crippen LogP contribution in [0.2, 0.25) is 0 Å². The lowest BCUT2D eigenvalue weighted by molar-refractivity contribution is 0.0942. The zero-order chi connectivity index (χ0) is 21.4. The molecule has 0 spiro atoms. The fraction of sp³-hybridized carbons (Fsp3) is 0.360. The Balaban J connectivity index is 1.75. The Morgan fingerprint density at radius 1 is 1.20 bits per heavy atom. The molecule has 2 aromatic carbocycles. The first-order valence-corrected chi connectivity index (χ1v) is 10.6. The van der Waals surface area contributed by atoms with Crippen molar-refractivity contribution >= 4 is 22.6 Å². The van der Waals surface area contributed by atoms with Gasteiger partial charge in [-0.25, -0.2) is 4.79 Å². The Bertz CT molecular complexity index is 1180. The molecule has 0 radical (unpaired) electrons. The molecular formula is C25H28N2O3. The molecule has 0 saturated heterocycles. The summed E-state index contributed by atoms with van der Waals surface area (Å²) in [5.41, 5.74) is 6.30. The molecule has 3 aromatic rings. The topological polar surface area (TPSA) is 62.6 Å². The first-order valence-electron chi connectivity index (χ1n) is 10.6. The predicted octanol–water partition coefficient (Wildman–Crippen LogP) is 4.50. The zero-order valence-electron chi connectivity index (χ0n) is 18.0. The second kappa shape index (κ2) is 7.98. The molecule has 0 aliphatic carbocycles. The third-order valence-electron chi connectivity index (χ3n) is 5.89. The maximum atomic E-state index is 12.7. The van der Waals surface area contributed by atoms with Crippen LogP contribution < -0.4 is 15.8 Å². The van der Waals surface area contributed by atoms with Crippen molar-refractivity contribution in [1.82, 2.24) is 5.32 Å².